The SMILES string of the molecule is NC/C(=C\F)Cn1ncn(-c2cccc(-c3ccc4c(c3)CC(=O)CO4)c2)c1=O. The lowest BCUT2D eigenvalue weighted by Crippen LogP contribution is -2.25. The number of aromatic nitrogens is 3. The number of halogens is 1. The number of carbonyl (C=O) groups excluding carboxylic acids is 1. The normalized spacial score (nSPS) is 13.9. The van der Waals surface area contributed by atoms with E-state index in [0.29, 0.717) is 18.4 Å². The Bertz CT molecular complexity index is 1160. The van der Waals surface area contributed by atoms with Crippen molar-refractivity contribution in [3.05, 3.63) is 76.7 Å². The molecule has 2 heterocycles. The lowest BCUT2D eigenvalue weighted by atomic mass is 9.98. The highest BCUT2D eigenvalue weighted by molar-refractivity contribution is 5.85. The molecule has 0 bridgehead atoms. The number of nitrogens with two attached hydrogens (primary N) is 1. The highest BCUT2D eigenvalue weighted by Crippen LogP contribution is 2.30. The van der Waals surface area contributed by atoms with Crippen LogP contribution in [0.1, 0.15) is 5.56 Å². The summed E-state index contributed by atoms with van der Waals surface area (Å²) in [5.41, 5.74) is 8.61. The van der Waals surface area contributed by atoms with E-state index in [4.69, 9.17) is 10.5 Å². The molecule has 0 saturated carbocycles. The van der Waals surface area contributed by atoms with Gasteiger partial charge in [0.15, 0.2) is 5.78 Å². The zero-order valence-electron chi connectivity index (χ0n) is 15.5. The van der Waals surface area contributed by atoms with Gasteiger partial charge in [-0.1, -0.05) is 18.2 Å². The van der Waals surface area contributed by atoms with Gasteiger partial charge < -0.3 is 10.5 Å². The maximum Gasteiger partial charge on any atom is 0.350 e. The van der Waals surface area contributed by atoms with Crippen LogP contribution in [0, 0.1) is 0 Å². The first-order valence-electron chi connectivity index (χ1n) is 9.10. The number of Topliss-reactive ketones (excluding diaryl/α,β-unsaturated/α-hetero) is 1. The first-order chi connectivity index (χ1) is 14.1. The van der Waals surface area contributed by atoms with Crippen LogP contribution in [0.4, 0.5) is 4.39 Å². The zero-order chi connectivity index (χ0) is 20.4. The van der Waals surface area contributed by atoms with Crippen LogP contribution in [-0.4, -0.2) is 33.3 Å². The molecule has 29 heavy (non-hydrogen) atoms. The van der Waals surface area contributed by atoms with Gasteiger partial charge in [0, 0.05) is 18.5 Å². The summed E-state index contributed by atoms with van der Waals surface area (Å²) in [4.78, 5) is 24.3. The Balaban J connectivity index is 1.67. The van der Waals surface area contributed by atoms with Gasteiger partial charge in [0.25, 0.3) is 0 Å². The second kappa shape index (κ2) is 7.84. The van der Waals surface area contributed by atoms with E-state index in [-0.39, 0.29) is 36.7 Å². The quantitative estimate of drug-likeness (QED) is 0.715. The number of nitrogens with zero attached hydrogens (tertiary/aromatic N) is 3. The molecule has 0 atom stereocenters. The first kappa shape index (κ1) is 18.8. The third-order valence-electron chi connectivity index (χ3n) is 4.80. The molecule has 0 unspecified atom stereocenters. The molecule has 3 aromatic rings. The third kappa shape index (κ3) is 3.74. The first-order valence-corrected chi connectivity index (χ1v) is 9.10. The zero-order valence-corrected chi connectivity index (χ0v) is 15.5. The molecule has 0 saturated heterocycles. The van der Waals surface area contributed by atoms with Gasteiger partial charge in [-0.15, -0.1) is 0 Å². The Morgan fingerprint density at radius 3 is 2.83 bits per heavy atom. The van der Waals surface area contributed by atoms with Crippen LogP contribution in [0.5, 0.6) is 5.75 Å². The molecule has 1 aliphatic heterocycles. The Morgan fingerprint density at radius 2 is 2.03 bits per heavy atom. The van der Waals surface area contributed by atoms with E-state index in [9.17, 15) is 14.0 Å². The molecule has 2 N–H and O–H groups in total. The van der Waals surface area contributed by atoms with Crippen molar-refractivity contribution >= 4 is 5.78 Å². The molecule has 7 nitrogen and oxygen atoms in total. The van der Waals surface area contributed by atoms with Crippen LogP contribution in [0.3, 0.4) is 0 Å². The van der Waals surface area contributed by atoms with E-state index >= 15 is 0 Å². The monoisotopic (exact) mass is 394 g/mol. The van der Waals surface area contributed by atoms with Gasteiger partial charge in [-0.2, -0.15) is 5.10 Å². The number of benzene rings is 2. The van der Waals surface area contributed by atoms with E-state index < -0.39 is 0 Å². The van der Waals surface area contributed by atoms with Gasteiger partial charge in [0.1, 0.15) is 18.7 Å². The summed E-state index contributed by atoms with van der Waals surface area (Å²) >= 11 is 0. The predicted octanol–water partition coefficient (Wildman–Crippen LogP) is 2.02. The smallest absolute Gasteiger partial charge is 0.350 e. The van der Waals surface area contributed by atoms with Gasteiger partial charge in [-0.25, -0.2) is 18.4 Å². The maximum absolute atomic E-state index is 12.8. The highest BCUT2D eigenvalue weighted by Gasteiger charge is 2.17. The van der Waals surface area contributed by atoms with Crippen molar-refractivity contribution in [1.29, 1.82) is 0 Å². The van der Waals surface area contributed by atoms with Crippen LogP contribution in [-0.2, 0) is 17.8 Å². The minimum atomic E-state index is -0.389. The fourth-order valence-electron chi connectivity index (χ4n) is 3.25. The molecule has 8 heteroatoms. The van der Waals surface area contributed by atoms with E-state index in [1.807, 2.05) is 36.4 Å². The van der Waals surface area contributed by atoms with E-state index in [0.717, 1.165) is 27.1 Å². The third-order valence-corrected chi connectivity index (χ3v) is 4.80. The lowest BCUT2D eigenvalue weighted by Gasteiger charge is -2.17. The fraction of sp³-hybridized carbons (Fsp3) is 0.190. The number of rotatable bonds is 5. The van der Waals surface area contributed by atoms with E-state index in [1.165, 1.54) is 10.9 Å². The topological polar surface area (TPSA) is 92.1 Å². The summed E-state index contributed by atoms with van der Waals surface area (Å²) in [6.45, 7) is 0.116. The summed E-state index contributed by atoms with van der Waals surface area (Å²) in [6.07, 6.45) is 2.14. The molecule has 0 fully saturated rings. The van der Waals surface area contributed by atoms with Crippen molar-refractivity contribution < 1.29 is 13.9 Å². The molecular weight excluding hydrogens is 375 g/mol. The van der Waals surface area contributed by atoms with E-state index in [2.05, 4.69) is 5.10 Å². The summed E-state index contributed by atoms with van der Waals surface area (Å²) < 4.78 is 20.8. The molecule has 148 valence electrons. The largest absolute Gasteiger partial charge is 0.486 e. The van der Waals surface area contributed by atoms with Gasteiger partial charge in [-0.3, -0.25) is 4.79 Å². The van der Waals surface area contributed by atoms with Crippen molar-refractivity contribution in [2.75, 3.05) is 13.2 Å². The van der Waals surface area contributed by atoms with Crippen LogP contribution >= 0.6 is 0 Å². The molecule has 1 aromatic heterocycles. The van der Waals surface area contributed by atoms with E-state index in [1.54, 1.807) is 6.07 Å². The van der Waals surface area contributed by atoms with Gasteiger partial charge in [0.05, 0.1) is 18.6 Å². The highest BCUT2D eigenvalue weighted by atomic mass is 19.1. The molecule has 2 aromatic carbocycles. The average Bonchev–Trinajstić information content (AvgIpc) is 3.11. The molecule has 0 aliphatic carbocycles. The Labute approximate surface area is 165 Å². The minimum absolute atomic E-state index is 0.00260. The molecule has 0 amide bonds. The molecule has 1 aliphatic rings. The fourth-order valence-corrected chi connectivity index (χ4v) is 3.25. The summed E-state index contributed by atoms with van der Waals surface area (Å²) in [7, 11) is 0. The number of ether oxygens (including phenoxy) is 1. The second-order valence-corrected chi connectivity index (χ2v) is 6.79. The summed E-state index contributed by atoms with van der Waals surface area (Å²) in [5, 5.41) is 4.05. The molecule has 4 rings (SSSR count). The van der Waals surface area contributed by atoms with Crippen LogP contribution in [0.15, 0.2) is 65.5 Å². The van der Waals surface area contributed by atoms with Crippen molar-refractivity contribution in [2.24, 2.45) is 5.73 Å². The second-order valence-electron chi connectivity index (χ2n) is 6.79. The Kier molecular flexibility index (Phi) is 5.09. The molecule has 0 spiro atoms. The van der Waals surface area contributed by atoms with Gasteiger partial charge >= 0.3 is 5.69 Å². The summed E-state index contributed by atoms with van der Waals surface area (Å²) in [5.74, 6) is 0.764. The standard InChI is InChI=1S/C21H19FN4O3/c22-9-14(10-23)11-26-21(28)25(13-24-26)18-3-1-2-15(7-18)16-4-5-20-17(6-16)8-19(27)12-29-20/h1-7,9,13H,8,10-12,23H2/b14-9+. The number of ketones is 1. The lowest BCUT2D eigenvalue weighted by molar-refractivity contribution is -0.121. The van der Waals surface area contributed by atoms with Crippen molar-refractivity contribution in [3.8, 4) is 22.6 Å². The number of hydrogen-bond donors (Lipinski definition) is 1. The number of fused-ring (bicyclic) bond motifs is 1. The van der Waals surface area contributed by atoms with Crippen LogP contribution in [0.2, 0.25) is 0 Å². The number of carbonyl (C=O) groups is 1. The average molecular weight is 394 g/mol. The Morgan fingerprint density at radius 1 is 1.21 bits per heavy atom. The summed E-state index contributed by atoms with van der Waals surface area (Å²) in [6, 6.07) is 13.1. The predicted molar refractivity (Wildman–Crippen MR) is 106 cm³/mol. The Hall–Kier alpha value is -3.52. The van der Waals surface area contributed by atoms with Crippen molar-refractivity contribution in [2.45, 2.75) is 13.0 Å². The molecule has 0 radical (unpaired) electrons. The van der Waals surface area contributed by atoms with Crippen LogP contribution < -0.4 is 16.2 Å². The van der Waals surface area contributed by atoms with Crippen molar-refractivity contribution in [1.82, 2.24) is 14.3 Å². The number of hydrogen-bond acceptors (Lipinski definition) is 5. The molecular formula is C21H19FN4O3. The van der Waals surface area contributed by atoms with Crippen molar-refractivity contribution in [3.63, 3.8) is 0 Å². The minimum Gasteiger partial charge on any atom is -0.486 e. The van der Waals surface area contributed by atoms with Gasteiger partial charge in [-0.05, 0) is 41.0 Å². The van der Waals surface area contributed by atoms with Gasteiger partial charge in [0.2, 0.25) is 0 Å². The van der Waals surface area contributed by atoms with Crippen LogP contribution in [0.25, 0.3) is 16.8 Å². The maximum atomic E-state index is 12.8.